The van der Waals surface area contributed by atoms with Gasteiger partial charge in [-0.25, -0.2) is 4.57 Å². The number of hydrogen-bond acceptors (Lipinski definition) is 6. The molecule has 0 saturated heterocycles. The van der Waals surface area contributed by atoms with Crippen molar-refractivity contribution >= 4 is 13.8 Å². The molecule has 0 aromatic carbocycles. The van der Waals surface area contributed by atoms with Gasteiger partial charge >= 0.3 is 13.8 Å². The number of rotatable bonds is 42. The number of unbranched alkanes of at least 4 members (excludes halogenated alkanes) is 16. The molecule has 9 heteroatoms. The second-order valence-corrected chi connectivity index (χ2v) is 17.9. The molecule has 2 unspecified atom stereocenters. The van der Waals surface area contributed by atoms with E-state index in [0.29, 0.717) is 24.1 Å². The number of nitrogens with zero attached hydrogens (tertiary/aromatic N) is 1. The van der Waals surface area contributed by atoms with Crippen LogP contribution < -0.4 is 0 Å². The average molecular weight is 835 g/mol. The summed E-state index contributed by atoms with van der Waals surface area (Å²) >= 11 is 0. The largest absolute Gasteiger partial charge is 0.472 e. The van der Waals surface area contributed by atoms with E-state index in [-0.39, 0.29) is 25.8 Å². The highest BCUT2D eigenvalue weighted by Gasteiger charge is 2.26. The first-order valence-corrected chi connectivity index (χ1v) is 24.7. The van der Waals surface area contributed by atoms with E-state index in [2.05, 4.69) is 86.8 Å². The van der Waals surface area contributed by atoms with Crippen molar-refractivity contribution in [1.29, 1.82) is 0 Å². The molecule has 0 rings (SSSR count). The van der Waals surface area contributed by atoms with E-state index >= 15 is 0 Å². The third-order valence-electron chi connectivity index (χ3n) is 9.50. The minimum absolute atomic E-state index is 0.0796. The van der Waals surface area contributed by atoms with Crippen molar-refractivity contribution in [3.63, 3.8) is 0 Å². The van der Waals surface area contributed by atoms with Crippen molar-refractivity contribution in [1.82, 2.24) is 0 Å². The summed E-state index contributed by atoms with van der Waals surface area (Å²) in [7, 11) is 1.64. The molecule has 1 N–H and O–H groups in total. The Labute approximate surface area is 357 Å². The van der Waals surface area contributed by atoms with Gasteiger partial charge in [-0.2, -0.15) is 0 Å². The fourth-order valence-electron chi connectivity index (χ4n) is 5.93. The molecule has 0 bridgehead atoms. The Morgan fingerprint density at radius 2 is 1.00 bits per heavy atom. The highest BCUT2D eigenvalue weighted by Crippen LogP contribution is 2.43. The number of carbonyl (C=O) groups excluding carboxylic acids is 1. The lowest BCUT2D eigenvalue weighted by Crippen LogP contribution is -2.37. The first kappa shape index (κ1) is 55.9. The third kappa shape index (κ3) is 45.0. The van der Waals surface area contributed by atoms with Gasteiger partial charge in [0, 0.05) is 13.0 Å². The van der Waals surface area contributed by atoms with Gasteiger partial charge in [0.15, 0.2) is 0 Å². The molecule has 0 spiro atoms. The van der Waals surface area contributed by atoms with Gasteiger partial charge in [0.2, 0.25) is 0 Å². The van der Waals surface area contributed by atoms with Crippen LogP contribution in [0.3, 0.4) is 0 Å². The monoisotopic (exact) mass is 835 g/mol. The van der Waals surface area contributed by atoms with E-state index in [0.717, 1.165) is 83.5 Å². The molecular weight excluding hydrogens is 746 g/mol. The maximum atomic E-state index is 12.7. The van der Waals surface area contributed by atoms with E-state index in [1.807, 2.05) is 21.1 Å². The molecule has 0 amide bonds. The Morgan fingerprint density at radius 1 is 0.552 bits per heavy atom. The van der Waals surface area contributed by atoms with Gasteiger partial charge in [-0.1, -0.05) is 157 Å². The highest BCUT2D eigenvalue weighted by molar-refractivity contribution is 7.47. The van der Waals surface area contributed by atoms with Gasteiger partial charge < -0.3 is 18.9 Å². The van der Waals surface area contributed by atoms with Gasteiger partial charge in [-0.05, 0) is 83.5 Å². The Morgan fingerprint density at radius 3 is 1.50 bits per heavy atom. The quantitative estimate of drug-likeness (QED) is 0.0215. The predicted molar refractivity (Wildman–Crippen MR) is 247 cm³/mol. The molecule has 2 atom stereocenters. The molecule has 0 aliphatic carbocycles. The lowest BCUT2D eigenvalue weighted by Gasteiger charge is -2.24. The molecule has 58 heavy (non-hydrogen) atoms. The molecule has 0 aliphatic heterocycles. The summed E-state index contributed by atoms with van der Waals surface area (Å²) < 4.78 is 35.0. The summed E-state index contributed by atoms with van der Waals surface area (Å²) in [5, 5.41) is 0. The molecule has 0 aromatic heterocycles. The summed E-state index contributed by atoms with van der Waals surface area (Å²) in [6, 6.07) is 0. The normalized spacial score (nSPS) is 14.4. The van der Waals surface area contributed by atoms with Gasteiger partial charge in [-0.3, -0.25) is 13.8 Å². The summed E-state index contributed by atoms with van der Waals surface area (Å²) in [6.45, 7) is 5.44. The highest BCUT2D eigenvalue weighted by atomic mass is 31.2. The Hall–Kier alpha value is -2.06. The Balaban J connectivity index is 4.27. The van der Waals surface area contributed by atoms with Gasteiger partial charge in [-0.15, -0.1) is 0 Å². The number of likely N-dealkylation sites (N-methyl/N-ethyl adjacent to an activating group) is 1. The summed E-state index contributed by atoms with van der Waals surface area (Å²) in [4.78, 5) is 22.9. The SMILES string of the molecule is CC/C=C\C/C=C\C/C=C\C/C=C\CCCCCCCCC(=O)OC(COCCCCCCCC/C=C\C/C=C\CCCCCC)COP(=O)(O)OCC[N+](C)(C)C. The lowest BCUT2D eigenvalue weighted by molar-refractivity contribution is -0.870. The van der Waals surface area contributed by atoms with E-state index in [1.165, 1.54) is 70.6 Å². The van der Waals surface area contributed by atoms with Crippen LogP contribution in [0.2, 0.25) is 0 Å². The van der Waals surface area contributed by atoms with Crippen LogP contribution in [0, 0.1) is 0 Å². The molecule has 0 radical (unpaired) electrons. The molecular formula is C49H89NO7P+. The minimum Gasteiger partial charge on any atom is -0.457 e. The van der Waals surface area contributed by atoms with Crippen LogP contribution >= 0.6 is 7.82 Å². The molecule has 0 heterocycles. The predicted octanol–water partition coefficient (Wildman–Crippen LogP) is 13.9. The van der Waals surface area contributed by atoms with E-state index < -0.39 is 13.9 Å². The van der Waals surface area contributed by atoms with Crippen LogP contribution in [0.15, 0.2) is 72.9 Å². The van der Waals surface area contributed by atoms with Gasteiger partial charge in [0.05, 0.1) is 34.4 Å². The van der Waals surface area contributed by atoms with Crippen LogP contribution in [0.5, 0.6) is 0 Å². The number of ether oxygens (including phenoxy) is 2. The second-order valence-electron chi connectivity index (χ2n) is 16.4. The molecule has 0 aliphatic rings. The fourth-order valence-corrected chi connectivity index (χ4v) is 6.67. The first-order valence-electron chi connectivity index (χ1n) is 23.2. The Kier molecular flexibility index (Phi) is 40.2. The van der Waals surface area contributed by atoms with Crippen molar-refractivity contribution in [3.05, 3.63) is 72.9 Å². The van der Waals surface area contributed by atoms with E-state index in [4.69, 9.17) is 18.5 Å². The number of phosphoric ester groups is 1. The molecule has 8 nitrogen and oxygen atoms in total. The molecule has 0 aromatic rings. The summed E-state index contributed by atoms with van der Waals surface area (Å²) in [5.74, 6) is -0.334. The van der Waals surface area contributed by atoms with E-state index in [9.17, 15) is 14.3 Å². The lowest BCUT2D eigenvalue weighted by atomic mass is 10.1. The molecule has 0 fully saturated rings. The van der Waals surface area contributed by atoms with Crippen molar-refractivity contribution in [3.8, 4) is 0 Å². The maximum Gasteiger partial charge on any atom is 0.472 e. The Bertz CT molecular complexity index is 1150. The van der Waals surface area contributed by atoms with Crippen LogP contribution in [0.1, 0.15) is 174 Å². The standard InChI is InChI=1S/C49H88NO7P/c1-6-8-10-12-14-16-18-20-22-24-25-26-28-30-32-34-36-38-40-42-49(51)57-48(47-56-58(52,53)55-45-43-50(3,4)5)46-54-44-41-39-37-35-33-31-29-27-23-21-19-17-15-13-11-9-7-2/h8,10,14,16-17,19-20,22-23,25-27,48H,6-7,9,11-13,15,18,21,24,28-47H2,1-5H3/p+1/b10-8-,16-14-,19-17-,22-20-,26-25-,27-23-. The maximum absolute atomic E-state index is 12.7. The number of hydrogen-bond donors (Lipinski definition) is 1. The first-order chi connectivity index (χ1) is 28.1. The smallest absolute Gasteiger partial charge is 0.457 e. The van der Waals surface area contributed by atoms with Crippen molar-refractivity contribution in [2.45, 2.75) is 180 Å². The minimum atomic E-state index is -4.29. The van der Waals surface area contributed by atoms with Crippen LogP contribution in [0.4, 0.5) is 0 Å². The van der Waals surface area contributed by atoms with Crippen molar-refractivity contribution in [2.24, 2.45) is 0 Å². The number of carbonyl (C=O) groups is 1. The van der Waals surface area contributed by atoms with Crippen molar-refractivity contribution < 1.29 is 37.3 Å². The number of esters is 1. The van der Waals surface area contributed by atoms with Gasteiger partial charge in [0.25, 0.3) is 0 Å². The van der Waals surface area contributed by atoms with E-state index in [1.54, 1.807) is 0 Å². The fraction of sp³-hybridized carbons (Fsp3) is 0.735. The zero-order valence-electron chi connectivity index (χ0n) is 38.0. The van der Waals surface area contributed by atoms with Crippen molar-refractivity contribution in [2.75, 3.05) is 54.1 Å². The second kappa shape index (κ2) is 41.7. The topological polar surface area (TPSA) is 91.3 Å². The molecule has 336 valence electrons. The zero-order valence-corrected chi connectivity index (χ0v) is 38.9. The van der Waals surface area contributed by atoms with Crippen LogP contribution in [-0.4, -0.2) is 75.6 Å². The summed E-state index contributed by atoms with van der Waals surface area (Å²) in [5.41, 5.74) is 0. The van der Waals surface area contributed by atoms with Crippen LogP contribution in [-0.2, 0) is 27.9 Å². The summed E-state index contributed by atoms with van der Waals surface area (Å²) in [6.07, 6.45) is 53.6. The average Bonchev–Trinajstić information content (AvgIpc) is 3.18. The zero-order chi connectivity index (χ0) is 42.7. The van der Waals surface area contributed by atoms with Gasteiger partial charge in [0.1, 0.15) is 19.3 Å². The number of phosphoric acid groups is 1. The molecule has 0 saturated carbocycles. The number of allylic oxidation sites excluding steroid dienone is 12. The van der Waals surface area contributed by atoms with Crippen LogP contribution in [0.25, 0.3) is 0 Å². The number of quaternary nitrogens is 1. The third-order valence-corrected chi connectivity index (χ3v) is 10.5.